The van der Waals surface area contributed by atoms with Gasteiger partial charge in [-0.05, 0) is 35.4 Å². The Balaban J connectivity index is 1.91. The molecule has 7 nitrogen and oxygen atoms in total. The van der Waals surface area contributed by atoms with E-state index in [9.17, 15) is 14.4 Å². The van der Waals surface area contributed by atoms with Crippen molar-refractivity contribution in [3.63, 3.8) is 0 Å². The number of rotatable bonds is 10. The maximum absolute atomic E-state index is 13.4. The van der Waals surface area contributed by atoms with Gasteiger partial charge >= 0.3 is 5.69 Å². The first kappa shape index (κ1) is 25.0. The Hall–Kier alpha value is -3.61. The number of hydrogen-bond acceptors (Lipinski definition) is 4. The number of benzene rings is 2. The standard InChI is InChI=1S/C27H34N4O3/c1-4-5-16-31-25(28)24(26(33)29-27(31)34)30(17-15-19(2)3)23(32)18-20-11-13-22(14-12-20)21-9-7-6-8-10-21/h6-14,19H,4-5,15-18,28H2,1-3H3,(H,29,33,34). The minimum Gasteiger partial charge on any atom is -0.383 e. The highest BCUT2D eigenvalue weighted by Crippen LogP contribution is 2.22. The third-order valence-electron chi connectivity index (χ3n) is 5.87. The number of unbranched alkanes of at least 4 members (excludes halogenated alkanes) is 1. The van der Waals surface area contributed by atoms with E-state index in [1.165, 1.54) is 9.47 Å². The summed E-state index contributed by atoms with van der Waals surface area (Å²) >= 11 is 0. The van der Waals surface area contributed by atoms with Gasteiger partial charge in [0.25, 0.3) is 5.56 Å². The summed E-state index contributed by atoms with van der Waals surface area (Å²) in [7, 11) is 0. The lowest BCUT2D eigenvalue weighted by atomic mass is 10.0. The highest BCUT2D eigenvalue weighted by atomic mass is 16.2. The highest BCUT2D eigenvalue weighted by Gasteiger charge is 2.24. The Kier molecular flexibility index (Phi) is 8.46. The number of nitrogens with zero attached hydrogens (tertiary/aromatic N) is 2. The number of anilines is 2. The van der Waals surface area contributed by atoms with Crippen molar-refractivity contribution in [2.45, 2.75) is 53.0 Å². The van der Waals surface area contributed by atoms with Gasteiger partial charge in [0.15, 0.2) is 5.69 Å². The predicted molar refractivity (Wildman–Crippen MR) is 138 cm³/mol. The van der Waals surface area contributed by atoms with Crippen LogP contribution in [0, 0.1) is 5.92 Å². The summed E-state index contributed by atoms with van der Waals surface area (Å²) in [5, 5.41) is 0. The molecule has 1 aromatic heterocycles. The van der Waals surface area contributed by atoms with Gasteiger partial charge in [0.05, 0.1) is 6.42 Å². The van der Waals surface area contributed by atoms with Crippen molar-refractivity contribution in [2.75, 3.05) is 17.2 Å². The molecule has 180 valence electrons. The number of aromatic nitrogens is 2. The molecule has 1 heterocycles. The molecule has 0 saturated heterocycles. The number of amides is 1. The lowest BCUT2D eigenvalue weighted by Crippen LogP contribution is -2.42. The summed E-state index contributed by atoms with van der Waals surface area (Å²) in [6.45, 7) is 6.85. The van der Waals surface area contributed by atoms with Crippen molar-refractivity contribution in [3.8, 4) is 11.1 Å². The second-order valence-electron chi connectivity index (χ2n) is 8.97. The van der Waals surface area contributed by atoms with E-state index in [4.69, 9.17) is 5.73 Å². The van der Waals surface area contributed by atoms with E-state index in [1.807, 2.05) is 61.5 Å². The van der Waals surface area contributed by atoms with Crippen LogP contribution in [0.2, 0.25) is 0 Å². The fraction of sp³-hybridized carbons (Fsp3) is 0.370. The summed E-state index contributed by atoms with van der Waals surface area (Å²) in [5.41, 5.74) is 8.19. The third kappa shape index (κ3) is 6.04. The van der Waals surface area contributed by atoms with Gasteiger partial charge < -0.3 is 10.6 Å². The van der Waals surface area contributed by atoms with Gasteiger partial charge in [-0.15, -0.1) is 0 Å². The molecular weight excluding hydrogens is 428 g/mol. The molecule has 3 aromatic rings. The first-order chi connectivity index (χ1) is 16.3. The van der Waals surface area contributed by atoms with Gasteiger partial charge in [-0.3, -0.25) is 19.1 Å². The fourth-order valence-electron chi connectivity index (χ4n) is 3.84. The lowest BCUT2D eigenvalue weighted by Gasteiger charge is -2.25. The molecule has 7 heteroatoms. The number of carbonyl (C=O) groups excluding carboxylic acids is 1. The number of carbonyl (C=O) groups is 1. The van der Waals surface area contributed by atoms with Crippen molar-refractivity contribution < 1.29 is 4.79 Å². The topological polar surface area (TPSA) is 101 Å². The zero-order valence-electron chi connectivity index (χ0n) is 20.2. The van der Waals surface area contributed by atoms with Crippen molar-refractivity contribution in [2.24, 2.45) is 5.92 Å². The van der Waals surface area contributed by atoms with Crippen LogP contribution in [-0.4, -0.2) is 22.0 Å². The fourth-order valence-corrected chi connectivity index (χ4v) is 3.84. The molecule has 0 spiro atoms. The molecular formula is C27H34N4O3. The van der Waals surface area contributed by atoms with E-state index in [0.29, 0.717) is 25.4 Å². The Bertz CT molecular complexity index is 1210. The van der Waals surface area contributed by atoms with E-state index >= 15 is 0 Å². The first-order valence-electron chi connectivity index (χ1n) is 11.9. The predicted octanol–water partition coefficient (Wildman–Crippen LogP) is 4.21. The number of nitrogens with one attached hydrogen (secondary N) is 1. The number of H-pyrrole nitrogens is 1. The molecule has 0 fully saturated rings. The van der Waals surface area contributed by atoms with Crippen LogP contribution in [0.1, 0.15) is 45.6 Å². The van der Waals surface area contributed by atoms with Crippen LogP contribution in [0.5, 0.6) is 0 Å². The van der Waals surface area contributed by atoms with Crippen LogP contribution >= 0.6 is 0 Å². The number of aromatic amines is 1. The van der Waals surface area contributed by atoms with Gasteiger partial charge in [0, 0.05) is 13.1 Å². The van der Waals surface area contributed by atoms with E-state index in [-0.39, 0.29) is 23.8 Å². The van der Waals surface area contributed by atoms with Gasteiger partial charge in [-0.2, -0.15) is 0 Å². The lowest BCUT2D eigenvalue weighted by molar-refractivity contribution is -0.118. The van der Waals surface area contributed by atoms with Crippen LogP contribution in [0.4, 0.5) is 11.5 Å². The molecule has 34 heavy (non-hydrogen) atoms. The summed E-state index contributed by atoms with van der Waals surface area (Å²) in [4.78, 5) is 42.3. The molecule has 0 radical (unpaired) electrons. The van der Waals surface area contributed by atoms with Gasteiger partial charge in [-0.1, -0.05) is 81.8 Å². The molecule has 2 aromatic carbocycles. The minimum atomic E-state index is -0.633. The molecule has 3 N–H and O–H groups in total. The Labute approximate surface area is 200 Å². The van der Waals surface area contributed by atoms with Gasteiger partial charge in [-0.25, -0.2) is 4.79 Å². The average molecular weight is 463 g/mol. The number of nitrogens with two attached hydrogens (primary N) is 1. The number of hydrogen-bond donors (Lipinski definition) is 2. The summed E-state index contributed by atoms with van der Waals surface area (Å²) in [6, 6.07) is 17.9. The minimum absolute atomic E-state index is 0.0405. The van der Waals surface area contributed by atoms with Crippen LogP contribution < -0.4 is 21.9 Å². The average Bonchev–Trinajstić information content (AvgIpc) is 2.81. The van der Waals surface area contributed by atoms with E-state index in [2.05, 4.69) is 18.8 Å². The largest absolute Gasteiger partial charge is 0.383 e. The van der Waals surface area contributed by atoms with E-state index in [0.717, 1.165) is 29.5 Å². The van der Waals surface area contributed by atoms with Crippen molar-refractivity contribution >= 4 is 17.4 Å². The molecule has 0 aliphatic rings. The molecule has 0 aliphatic carbocycles. The van der Waals surface area contributed by atoms with Gasteiger partial charge in [0.1, 0.15) is 5.82 Å². The summed E-state index contributed by atoms with van der Waals surface area (Å²) in [5.74, 6) is 0.136. The quantitative estimate of drug-likeness (QED) is 0.471. The van der Waals surface area contributed by atoms with E-state index in [1.54, 1.807) is 0 Å². The van der Waals surface area contributed by atoms with Crippen molar-refractivity contribution in [3.05, 3.63) is 81.0 Å². The van der Waals surface area contributed by atoms with Crippen molar-refractivity contribution in [1.82, 2.24) is 9.55 Å². The van der Waals surface area contributed by atoms with Crippen LogP contribution in [0.15, 0.2) is 64.2 Å². The van der Waals surface area contributed by atoms with Gasteiger partial charge in [0.2, 0.25) is 5.91 Å². The summed E-state index contributed by atoms with van der Waals surface area (Å²) in [6.07, 6.45) is 2.43. The SMILES string of the molecule is CCCCn1c(N)c(N(CCC(C)C)C(=O)Cc2ccc(-c3ccccc3)cc2)c(=O)[nH]c1=O. The Morgan fingerprint density at radius 3 is 2.29 bits per heavy atom. The van der Waals surface area contributed by atoms with Crippen LogP contribution in [-0.2, 0) is 17.8 Å². The molecule has 0 atom stereocenters. The van der Waals surface area contributed by atoms with Crippen molar-refractivity contribution in [1.29, 1.82) is 0 Å². The molecule has 0 saturated carbocycles. The second kappa shape index (κ2) is 11.5. The molecule has 0 aliphatic heterocycles. The van der Waals surface area contributed by atoms with Crippen LogP contribution in [0.3, 0.4) is 0 Å². The molecule has 0 bridgehead atoms. The first-order valence-corrected chi connectivity index (χ1v) is 11.9. The zero-order chi connectivity index (χ0) is 24.7. The molecule has 1 amide bonds. The maximum Gasteiger partial charge on any atom is 0.330 e. The summed E-state index contributed by atoms with van der Waals surface area (Å²) < 4.78 is 1.35. The third-order valence-corrected chi connectivity index (χ3v) is 5.87. The molecule has 3 rings (SSSR count). The highest BCUT2D eigenvalue weighted by molar-refractivity contribution is 5.96. The Morgan fingerprint density at radius 2 is 1.68 bits per heavy atom. The van der Waals surface area contributed by atoms with Crippen LogP contribution in [0.25, 0.3) is 11.1 Å². The van der Waals surface area contributed by atoms with E-state index < -0.39 is 11.2 Å². The number of nitrogen functional groups attached to an aromatic ring is 1. The monoisotopic (exact) mass is 462 g/mol. The Morgan fingerprint density at radius 1 is 1.03 bits per heavy atom. The zero-order valence-corrected chi connectivity index (χ0v) is 20.2. The maximum atomic E-state index is 13.4. The normalized spacial score (nSPS) is 11.1. The molecule has 0 unspecified atom stereocenters. The smallest absolute Gasteiger partial charge is 0.330 e. The second-order valence-corrected chi connectivity index (χ2v) is 8.97.